The van der Waals surface area contributed by atoms with Crippen LogP contribution in [0.2, 0.25) is 0 Å². The summed E-state index contributed by atoms with van der Waals surface area (Å²) in [5.41, 5.74) is 1.21. The Balaban J connectivity index is 1.93. The van der Waals surface area contributed by atoms with E-state index in [9.17, 15) is 0 Å². The number of nitrogens with zero attached hydrogens (tertiary/aromatic N) is 1. The Bertz CT molecular complexity index is 400. The van der Waals surface area contributed by atoms with Gasteiger partial charge in [-0.05, 0) is 50.8 Å². The van der Waals surface area contributed by atoms with Gasteiger partial charge < -0.3 is 15.0 Å². The minimum atomic E-state index is 0.631. The van der Waals surface area contributed by atoms with Gasteiger partial charge in [-0.3, -0.25) is 0 Å². The highest BCUT2D eigenvalue weighted by Crippen LogP contribution is 2.32. The lowest BCUT2D eigenvalue weighted by molar-refractivity contribution is 0.335. The second-order valence-corrected chi connectivity index (χ2v) is 5.74. The molecule has 0 spiro atoms. The molecule has 0 aliphatic heterocycles. The van der Waals surface area contributed by atoms with E-state index in [0.717, 1.165) is 18.3 Å². The number of methoxy groups -OCH3 is 1. The molecular formula is C17H28N2O. The molecule has 112 valence electrons. The van der Waals surface area contributed by atoms with Crippen molar-refractivity contribution in [2.24, 2.45) is 0 Å². The minimum Gasteiger partial charge on any atom is -0.495 e. The van der Waals surface area contributed by atoms with Gasteiger partial charge in [-0.1, -0.05) is 19.1 Å². The number of nitrogens with one attached hydrogen (secondary N) is 1. The number of benzene rings is 1. The van der Waals surface area contributed by atoms with Crippen molar-refractivity contribution in [3.05, 3.63) is 24.3 Å². The van der Waals surface area contributed by atoms with Crippen molar-refractivity contribution in [2.45, 2.75) is 51.1 Å². The molecule has 1 aliphatic carbocycles. The summed E-state index contributed by atoms with van der Waals surface area (Å²) < 4.78 is 5.48. The summed E-state index contributed by atoms with van der Waals surface area (Å²) in [4.78, 5) is 2.40. The van der Waals surface area contributed by atoms with Gasteiger partial charge in [-0.25, -0.2) is 0 Å². The lowest BCUT2D eigenvalue weighted by Gasteiger charge is -2.36. The van der Waals surface area contributed by atoms with Crippen LogP contribution in [-0.4, -0.2) is 32.8 Å². The molecule has 0 heterocycles. The summed E-state index contributed by atoms with van der Waals surface area (Å²) in [5, 5.41) is 3.65. The molecule has 0 bridgehead atoms. The Morgan fingerprint density at radius 2 is 1.90 bits per heavy atom. The van der Waals surface area contributed by atoms with E-state index >= 15 is 0 Å². The molecule has 1 saturated carbocycles. The van der Waals surface area contributed by atoms with Crippen molar-refractivity contribution in [2.75, 3.05) is 25.6 Å². The van der Waals surface area contributed by atoms with Crippen molar-refractivity contribution >= 4 is 5.69 Å². The monoisotopic (exact) mass is 276 g/mol. The van der Waals surface area contributed by atoms with Crippen LogP contribution in [0.1, 0.15) is 39.0 Å². The molecular weight excluding hydrogens is 248 g/mol. The van der Waals surface area contributed by atoms with Gasteiger partial charge in [0, 0.05) is 19.1 Å². The number of anilines is 1. The molecule has 2 rings (SSSR count). The van der Waals surface area contributed by atoms with E-state index in [-0.39, 0.29) is 0 Å². The van der Waals surface area contributed by atoms with E-state index in [1.54, 1.807) is 7.11 Å². The molecule has 1 aromatic carbocycles. The average molecular weight is 276 g/mol. The molecule has 1 aromatic rings. The topological polar surface area (TPSA) is 24.5 Å². The van der Waals surface area contributed by atoms with Crippen LogP contribution in [0.3, 0.4) is 0 Å². The van der Waals surface area contributed by atoms with E-state index in [2.05, 4.69) is 36.3 Å². The first-order valence-electron chi connectivity index (χ1n) is 7.85. The number of hydrogen-bond acceptors (Lipinski definition) is 3. The fourth-order valence-electron chi connectivity index (χ4n) is 3.13. The first-order chi connectivity index (χ1) is 9.76. The summed E-state index contributed by atoms with van der Waals surface area (Å²) in [6.45, 7) is 3.38. The Morgan fingerprint density at radius 3 is 2.55 bits per heavy atom. The molecule has 0 atom stereocenters. The standard InChI is InChI=1S/C17H28N2O/c1-4-13-18-14-9-11-15(12-10-14)19(2)16-7-5-6-8-17(16)20-3/h5-8,14-15,18H,4,9-13H2,1-3H3. The predicted molar refractivity (Wildman–Crippen MR) is 85.7 cm³/mol. The predicted octanol–water partition coefficient (Wildman–Crippen LogP) is 3.44. The summed E-state index contributed by atoms with van der Waals surface area (Å²) in [6, 6.07) is 9.66. The highest BCUT2D eigenvalue weighted by Gasteiger charge is 2.24. The highest BCUT2D eigenvalue weighted by atomic mass is 16.5. The van der Waals surface area contributed by atoms with Crippen molar-refractivity contribution < 1.29 is 4.74 Å². The van der Waals surface area contributed by atoms with Gasteiger partial charge >= 0.3 is 0 Å². The maximum atomic E-state index is 5.48. The summed E-state index contributed by atoms with van der Waals surface area (Å²) in [5.74, 6) is 0.973. The maximum Gasteiger partial charge on any atom is 0.142 e. The lowest BCUT2D eigenvalue weighted by atomic mass is 9.90. The smallest absolute Gasteiger partial charge is 0.142 e. The van der Waals surface area contributed by atoms with Gasteiger partial charge in [0.25, 0.3) is 0 Å². The molecule has 0 saturated heterocycles. The first-order valence-corrected chi connectivity index (χ1v) is 7.85. The zero-order chi connectivity index (χ0) is 14.4. The fraction of sp³-hybridized carbons (Fsp3) is 0.647. The van der Waals surface area contributed by atoms with Crippen LogP contribution >= 0.6 is 0 Å². The molecule has 1 fully saturated rings. The van der Waals surface area contributed by atoms with E-state index in [0.29, 0.717) is 6.04 Å². The van der Waals surface area contributed by atoms with Crippen LogP contribution in [-0.2, 0) is 0 Å². The van der Waals surface area contributed by atoms with Crippen molar-refractivity contribution in [1.82, 2.24) is 5.32 Å². The van der Waals surface area contributed by atoms with Crippen LogP contribution in [0, 0.1) is 0 Å². The minimum absolute atomic E-state index is 0.631. The van der Waals surface area contributed by atoms with Gasteiger partial charge in [0.2, 0.25) is 0 Å². The second kappa shape index (κ2) is 7.53. The van der Waals surface area contributed by atoms with Crippen LogP contribution in [0.15, 0.2) is 24.3 Å². The van der Waals surface area contributed by atoms with Crippen LogP contribution in [0.4, 0.5) is 5.69 Å². The SMILES string of the molecule is CCCNC1CCC(N(C)c2ccccc2OC)CC1. The summed E-state index contributed by atoms with van der Waals surface area (Å²) in [6.07, 6.45) is 6.31. The Labute approximate surface area is 123 Å². The Kier molecular flexibility index (Phi) is 5.72. The van der Waals surface area contributed by atoms with Crippen LogP contribution in [0.5, 0.6) is 5.75 Å². The zero-order valence-corrected chi connectivity index (χ0v) is 13.1. The third kappa shape index (κ3) is 3.66. The van der Waals surface area contributed by atoms with E-state index in [4.69, 9.17) is 4.74 Å². The fourth-order valence-corrected chi connectivity index (χ4v) is 3.13. The van der Waals surface area contributed by atoms with Gasteiger partial charge in [0.15, 0.2) is 0 Å². The normalized spacial score (nSPS) is 22.6. The summed E-state index contributed by atoms with van der Waals surface area (Å²) in [7, 11) is 3.95. The van der Waals surface area contributed by atoms with E-state index < -0.39 is 0 Å². The maximum absolute atomic E-state index is 5.48. The quantitative estimate of drug-likeness (QED) is 0.861. The zero-order valence-electron chi connectivity index (χ0n) is 13.1. The molecule has 0 unspecified atom stereocenters. The molecule has 1 aliphatic rings. The Morgan fingerprint density at radius 1 is 1.20 bits per heavy atom. The first kappa shape index (κ1) is 15.2. The number of rotatable bonds is 6. The second-order valence-electron chi connectivity index (χ2n) is 5.74. The van der Waals surface area contributed by atoms with Gasteiger partial charge in [-0.2, -0.15) is 0 Å². The number of ether oxygens (including phenoxy) is 1. The van der Waals surface area contributed by atoms with Crippen molar-refractivity contribution in [3.8, 4) is 5.75 Å². The third-order valence-electron chi connectivity index (χ3n) is 4.39. The van der Waals surface area contributed by atoms with Gasteiger partial charge in [0.1, 0.15) is 5.75 Å². The van der Waals surface area contributed by atoms with Gasteiger partial charge in [-0.15, -0.1) is 0 Å². The third-order valence-corrected chi connectivity index (χ3v) is 4.39. The van der Waals surface area contributed by atoms with Crippen molar-refractivity contribution in [3.63, 3.8) is 0 Å². The number of hydrogen-bond donors (Lipinski definition) is 1. The largest absolute Gasteiger partial charge is 0.495 e. The molecule has 3 nitrogen and oxygen atoms in total. The number of para-hydroxylation sites is 2. The summed E-state index contributed by atoms with van der Waals surface area (Å²) >= 11 is 0. The molecule has 1 N–H and O–H groups in total. The van der Waals surface area contributed by atoms with Crippen LogP contribution < -0.4 is 15.0 Å². The average Bonchev–Trinajstić information content (AvgIpc) is 2.52. The molecule has 20 heavy (non-hydrogen) atoms. The van der Waals surface area contributed by atoms with Gasteiger partial charge in [0.05, 0.1) is 12.8 Å². The highest BCUT2D eigenvalue weighted by molar-refractivity contribution is 5.58. The molecule has 0 aromatic heterocycles. The molecule has 0 amide bonds. The molecule has 3 heteroatoms. The molecule has 0 radical (unpaired) electrons. The van der Waals surface area contributed by atoms with E-state index in [1.807, 2.05) is 12.1 Å². The van der Waals surface area contributed by atoms with Crippen LogP contribution in [0.25, 0.3) is 0 Å². The van der Waals surface area contributed by atoms with Crippen molar-refractivity contribution in [1.29, 1.82) is 0 Å². The lowest BCUT2D eigenvalue weighted by Crippen LogP contribution is -2.41. The Hall–Kier alpha value is -1.22. The van der Waals surface area contributed by atoms with E-state index in [1.165, 1.54) is 37.8 Å².